The van der Waals surface area contributed by atoms with Gasteiger partial charge in [0.2, 0.25) is 0 Å². The van der Waals surface area contributed by atoms with E-state index >= 15 is 0 Å². The first-order valence-corrected chi connectivity index (χ1v) is 6.90. The van der Waals surface area contributed by atoms with Crippen LogP contribution in [0.1, 0.15) is 24.0 Å². The number of halogens is 1. The van der Waals surface area contributed by atoms with Crippen molar-refractivity contribution < 1.29 is 9.90 Å². The van der Waals surface area contributed by atoms with E-state index < -0.39 is 0 Å². The number of amides is 2. The van der Waals surface area contributed by atoms with Crippen molar-refractivity contribution in [3.63, 3.8) is 0 Å². The van der Waals surface area contributed by atoms with Gasteiger partial charge in [0.15, 0.2) is 0 Å². The summed E-state index contributed by atoms with van der Waals surface area (Å²) in [5.74, 6) is 0. The highest BCUT2D eigenvalue weighted by atomic mass is 35.5. The molecule has 2 amide bonds. The van der Waals surface area contributed by atoms with Gasteiger partial charge < -0.3 is 15.3 Å². The van der Waals surface area contributed by atoms with Crippen molar-refractivity contribution >= 4 is 17.6 Å². The number of hydrogen-bond donors (Lipinski definition) is 2. The lowest BCUT2D eigenvalue weighted by Crippen LogP contribution is -2.43. The van der Waals surface area contributed by atoms with E-state index in [0.717, 1.165) is 35.5 Å². The molecule has 4 nitrogen and oxygen atoms in total. The van der Waals surface area contributed by atoms with Crippen molar-refractivity contribution in [2.24, 2.45) is 0 Å². The van der Waals surface area contributed by atoms with Crippen molar-refractivity contribution in [3.8, 4) is 0 Å². The molecular formula is C14H19ClN2O2. The number of aliphatic hydroxyl groups is 1. The van der Waals surface area contributed by atoms with Gasteiger partial charge in [0.25, 0.3) is 0 Å². The molecule has 0 radical (unpaired) electrons. The SMILES string of the molecule is Cc1cc(CNC(=O)N2CCC[C@@H]2CO)ccc1Cl. The van der Waals surface area contributed by atoms with Gasteiger partial charge in [-0.15, -0.1) is 0 Å². The Morgan fingerprint density at radius 2 is 2.37 bits per heavy atom. The lowest BCUT2D eigenvalue weighted by atomic mass is 10.1. The zero-order valence-corrected chi connectivity index (χ0v) is 11.8. The fraction of sp³-hybridized carbons (Fsp3) is 0.500. The normalized spacial score (nSPS) is 18.7. The van der Waals surface area contributed by atoms with Crippen molar-refractivity contribution in [1.29, 1.82) is 0 Å². The number of aryl methyl sites for hydroxylation is 1. The van der Waals surface area contributed by atoms with E-state index in [-0.39, 0.29) is 18.7 Å². The number of nitrogens with zero attached hydrogens (tertiary/aromatic N) is 1. The Hall–Kier alpha value is -1.26. The number of carbonyl (C=O) groups is 1. The maximum absolute atomic E-state index is 12.0. The highest BCUT2D eigenvalue weighted by Gasteiger charge is 2.27. The van der Waals surface area contributed by atoms with E-state index in [4.69, 9.17) is 11.6 Å². The van der Waals surface area contributed by atoms with Crippen LogP contribution in [0.4, 0.5) is 4.79 Å². The summed E-state index contributed by atoms with van der Waals surface area (Å²) in [6, 6.07) is 5.57. The molecule has 0 saturated carbocycles. The zero-order chi connectivity index (χ0) is 13.8. The second-order valence-corrected chi connectivity index (χ2v) is 5.32. The summed E-state index contributed by atoms with van der Waals surface area (Å²) in [5.41, 5.74) is 2.03. The Labute approximate surface area is 118 Å². The first-order chi connectivity index (χ1) is 9.11. The van der Waals surface area contributed by atoms with Gasteiger partial charge in [0, 0.05) is 18.1 Å². The van der Waals surface area contributed by atoms with Gasteiger partial charge in [-0.1, -0.05) is 23.7 Å². The van der Waals surface area contributed by atoms with Crippen molar-refractivity contribution in [2.45, 2.75) is 32.4 Å². The second kappa shape index (κ2) is 6.26. The van der Waals surface area contributed by atoms with Crippen LogP contribution < -0.4 is 5.32 Å². The molecule has 1 heterocycles. The van der Waals surface area contributed by atoms with Gasteiger partial charge in [-0.25, -0.2) is 4.79 Å². The Bertz CT molecular complexity index is 465. The van der Waals surface area contributed by atoms with Gasteiger partial charge in [0.1, 0.15) is 0 Å². The minimum Gasteiger partial charge on any atom is -0.394 e. The largest absolute Gasteiger partial charge is 0.394 e. The molecule has 104 valence electrons. The van der Waals surface area contributed by atoms with Gasteiger partial charge >= 0.3 is 6.03 Å². The quantitative estimate of drug-likeness (QED) is 0.894. The first kappa shape index (κ1) is 14.2. The molecule has 2 N–H and O–H groups in total. The van der Waals surface area contributed by atoms with E-state index in [1.165, 1.54) is 0 Å². The minimum atomic E-state index is -0.107. The molecule has 1 fully saturated rings. The smallest absolute Gasteiger partial charge is 0.317 e. The maximum Gasteiger partial charge on any atom is 0.317 e. The highest BCUT2D eigenvalue weighted by Crippen LogP contribution is 2.18. The maximum atomic E-state index is 12.0. The molecular weight excluding hydrogens is 264 g/mol. The second-order valence-electron chi connectivity index (χ2n) is 4.91. The summed E-state index contributed by atoms with van der Waals surface area (Å²) in [6.45, 7) is 3.17. The number of carbonyl (C=O) groups excluding carboxylic acids is 1. The highest BCUT2D eigenvalue weighted by molar-refractivity contribution is 6.31. The zero-order valence-electron chi connectivity index (χ0n) is 11.0. The van der Waals surface area contributed by atoms with Gasteiger partial charge in [-0.05, 0) is 37.0 Å². The van der Waals surface area contributed by atoms with Crippen LogP contribution in [0, 0.1) is 6.92 Å². The summed E-state index contributed by atoms with van der Waals surface area (Å²) in [7, 11) is 0. The molecule has 1 atom stereocenters. The summed E-state index contributed by atoms with van der Waals surface area (Å²) in [5, 5.41) is 12.8. The fourth-order valence-electron chi connectivity index (χ4n) is 2.39. The van der Waals surface area contributed by atoms with Crippen LogP contribution in [-0.4, -0.2) is 35.2 Å². The van der Waals surface area contributed by atoms with Crippen LogP contribution in [0.5, 0.6) is 0 Å². The van der Waals surface area contributed by atoms with E-state index in [9.17, 15) is 9.90 Å². The average Bonchev–Trinajstić information content (AvgIpc) is 2.88. The number of likely N-dealkylation sites (tertiary alicyclic amines) is 1. The lowest BCUT2D eigenvalue weighted by molar-refractivity contribution is 0.157. The summed E-state index contributed by atoms with van der Waals surface area (Å²) >= 11 is 5.96. The molecule has 0 bridgehead atoms. The lowest BCUT2D eigenvalue weighted by Gasteiger charge is -2.23. The Morgan fingerprint density at radius 1 is 1.58 bits per heavy atom. The molecule has 1 aromatic rings. The third kappa shape index (κ3) is 3.39. The number of nitrogens with one attached hydrogen (secondary N) is 1. The van der Waals surface area contributed by atoms with E-state index in [2.05, 4.69) is 5.32 Å². The number of urea groups is 1. The molecule has 1 saturated heterocycles. The van der Waals surface area contributed by atoms with Crippen LogP contribution in [0.25, 0.3) is 0 Å². The third-order valence-corrected chi connectivity index (χ3v) is 3.94. The van der Waals surface area contributed by atoms with Gasteiger partial charge in [-0.2, -0.15) is 0 Å². The molecule has 1 aliphatic heterocycles. The monoisotopic (exact) mass is 282 g/mol. The number of rotatable bonds is 3. The van der Waals surface area contributed by atoms with Crippen LogP contribution >= 0.6 is 11.6 Å². The fourth-order valence-corrected chi connectivity index (χ4v) is 2.51. The van der Waals surface area contributed by atoms with Crippen LogP contribution in [-0.2, 0) is 6.54 Å². The molecule has 0 aromatic heterocycles. The standard InChI is InChI=1S/C14H19ClN2O2/c1-10-7-11(4-5-13(10)15)8-16-14(19)17-6-2-3-12(17)9-18/h4-5,7,12,18H,2-3,6,8-9H2,1H3,(H,16,19)/t12-/m1/s1. The topological polar surface area (TPSA) is 52.6 Å². The summed E-state index contributed by atoms with van der Waals surface area (Å²) < 4.78 is 0. The van der Waals surface area contributed by atoms with Gasteiger partial charge in [0.05, 0.1) is 12.6 Å². The van der Waals surface area contributed by atoms with Crippen molar-refractivity contribution in [3.05, 3.63) is 34.3 Å². The van der Waals surface area contributed by atoms with Crippen LogP contribution in [0.3, 0.4) is 0 Å². The predicted octanol–water partition coefficient (Wildman–Crippen LogP) is 2.31. The Balaban J connectivity index is 1.91. The van der Waals surface area contributed by atoms with E-state index in [0.29, 0.717) is 6.54 Å². The molecule has 2 rings (SSSR count). The molecule has 19 heavy (non-hydrogen) atoms. The molecule has 0 unspecified atom stereocenters. The van der Waals surface area contributed by atoms with Crippen LogP contribution in [0.15, 0.2) is 18.2 Å². The number of hydrogen-bond acceptors (Lipinski definition) is 2. The van der Waals surface area contributed by atoms with E-state index in [1.807, 2.05) is 25.1 Å². The minimum absolute atomic E-state index is 0.0352. The number of aliphatic hydroxyl groups excluding tert-OH is 1. The van der Waals surface area contributed by atoms with Crippen molar-refractivity contribution in [1.82, 2.24) is 10.2 Å². The molecule has 1 aromatic carbocycles. The molecule has 1 aliphatic rings. The number of benzene rings is 1. The molecule has 5 heteroatoms. The Morgan fingerprint density at radius 3 is 3.05 bits per heavy atom. The third-order valence-electron chi connectivity index (χ3n) is 3.51. The molecule has 0 aliphatic carbocycles. The Kier molecular flexibility index (Phi) is 4.66. The predicted molar refractivity (Wildman–Crippen MR) is 75.2 cm³/mol. The molecule has 0 spiro atoms. The van der Waals surface area contributed by atoms with E-state index in [1.54, 1.807) is 4.90 Å². The van der Waals surface area contributed by atoms with Crippen LogP contribution in [0.2, 0.25) is 5.02 Å². The average molecular weight is 283 g/mol. The van der Waals surface area contributed by atoms with Gasteiger partial charge in [-0.3, -0.25) is 0 Å². The summed E-state index contributed by atoms with van der Waals surface area (Å²) in [6.07, 6.45) is 1.84. The summed E-state index contributed by atoms with van der Waals surface area (Å²) in [4.78, 5) is 13.7. The van der Waals surface area contributed by atoms with Crippen molar-refractivity contribution in [2.75, 3.05) is 13.2 Å². The first-order valence-electron chi connectivity index (χ1n) is 6.52.